The van der Waals surface area contributed by atoms with Gasteiger partial charge in [-0.25, -0.2) is 9.97 Å². The van der Waals surface area contributed by atoms with E-state index in [4.69, 9.17) is 9.97 Å². The van der Waals surface area contributed by atoms with Gasteiger partial charge in [-0.1, -0.05) is 140 Å². The summed E-state index contributed by atoms with van der Waals surface area (Å²) in [4.78, 5) is 10.5. The maximum Gasteiger partial charge on any atom is 0.136 e. The van der Waals surface area contributed by atoms with Gasteiger partial charge in [0.15, 0.2) is 0 Å². The zero-order chi connectivity index (χ0) is 37.0. The molecule has 264 valence electrons. The summed E-state index contributed by atoms with van der Waals surface area (Å²) in [5.41, 5.74) is 13.3. The molecule has 0 spiro atoms. The lowest BCUT2D eigenvalue weighted by Crippen LogP contribution is -2.05. The number of para-hydroxylation sites is 4. The number of fused-ring (bicyclic) bond motifs is 6. The minimum Gasteiger partial charge on any atom is -0.309 e. The van der Waals surface area contributed by atoms with E-state index >= 15 is 0 Å². The molecule has 7 aromatic carbocycles. The number of benzene rings is 7. The first kappa shape index (κ1) is 32.2. The van der Waals surface area contributed by atoms with Crippen molar-refractivity contribution in [1.82, 2.24) is 19.1 Å². The van der Waals surface area contributed by atoms with Crippen molar-refractivity contribution in [3.05, 3.63) is 206 Å². The van der Waals surface area contributed by atoms with Gasteiger partial charge in [-0.2, -0.15) is 0 Å². The Morgan fingerprint density at radius 3 is 1.32 bits per heavy atom. The normalized spacial score (nSPS) is 14.0. The summed E-state index contributed by atoms with van der Waals surface area (Å²) in [5.74, 6) is 0.935. The van der Waals surface area contributed by atoms with Crippen LogP contribution in [0.4, 0.5) is 0 Å². The van der Waals surface area contributed by atoms with Gasteiger partial charge in [0.2, 0.25) is 0 Å². The van der Waals surface area contributed by atoms with Crippen LogP contribution in [0.1, 0.15) is 18.2 Å². The van der Waals surface area contributed by atoms with E-state index in [9.17, 15) is 0 Å². The Morgan fingerprint density at radius 1 is 0.393 bits per heavy atom. The van der Waals surface area contributed by atoms with Crippen LogP contribution in [-0.2, 0) is 0 Å². The van der Waals surface area contributed by atoms with Crippen LogP contribution in [0.15, 0.2) is 200 Å². The van der Waals surface area contributed by atoms with E-state index < -0.39 is 0 Å². The van der Waals surface area contributed by atoms with Crippen molar-refractivity contribution in [3.8, 4) is 45.0 Å². The van der Waals surface area contributed by atoms with Gasteiger partial charge < -0.3 is 9.13 Å². The molecule has 1 aliphatic rings. The maximum absolute atomic E-state index is 5.26. The number of rotatable bonds is 6. The average molecular weight is 717 g/mol. The molecule has 1 aliphatic carbocycles. The highest BCUT2D eigenvalue weighted by Crippen LogP contribution is 2.37. The highest BCUT2D eigenvalue weighted by molar-refractivity contribution is 6.10. The van der Waals surface area contributed by atoms with Crippen LogP contribution in [0, 0.1) is 0 Å². The second kappa shape index (κ2) is 13.2. The minimum atomic E-state index is 0.102. The molecule has 4 nitrogen and oxygen atoms in total. The Labute approximate surface area is 325 Å². The molecule has 0 saturated carbocycles. The number of aromatic nitrogens is 4. The maximum atomic E-state index is 5.26. The second-order valence-corrected chi connectivity index (χ2v) is 14.6. The SMILES string of the molecule is C1=CCC(c2nc(-c3cccc(-c4cccc(-n5c6ccccc6c6ccccc65)c4)c3)cc(-c3cccc(-n4c5ccccc5c5ccccc54)c3)n2)C=C1. The number of nitrogens with zero attached hydrogens (tertiary/aromatic N) is 4. The van der Waals surface area contributed by atoms with Crippen molar-refractivity contribution in [1.29, 1.82) is 0 Å². The molecule has 0 bridgehead atoms. The highest BCUT2D eigenvalue weighted by atomic mass is 15.0. The molecule has 0 amide bonds. The minimum absolute atomic E-state index is 0.102. The number of allylic oxidation sites excluding steroid dienone is 4. The first-order valence-electron chi connectivity index (χ1n) is 19.3. The second-order valence-electron chi connectivity index (χ2n) is 14.6. The van der Waals surface area contributed by atoms with Gasteiger partial charge in [-0.05, 0) is 78.2 Å². The van der Waals surface area contributed by atoms with Crippen LogP contribution in [0.25, 0.3) is 88.6 Å². The van der Waals surface area contributed by atoms with Crippen molar-refractivity contribution >= 4 is 43.6 Å². The lowest BCUT2D eigenvalue weighted by molar-refractivity contribution is 0.775. The Morgan fingerprint density at radius 2 is 0.821 bits per heavy atom. The van der Waals surface area contributed by atoms with Crippen molar-refractivity contribution in [2.24, 2.45) is 0 Å². The molecule has 0 fully saturated rings. The predicted molar refractivity (Wildman–Crippen MR) is 233 cm³/mol. The fraction of sp³-hybridized carbons (Fsp3) is 0.0385. The van der Waals surface area contributed by atoms with Gasteiger partial charge in [0.1, 0.15) is 5.82 Å². The first-order valence-corrected chi connectivity index (χ1v) is 19.3. The average Bonchev–Trinajstić information content (AvgIpc) is 3.80. The third-order valence-corrected chi connectivity index (χ3v) is 11.2. The Hall–Kier alpha value is -7.30. The third-order valence-electron chi connectivity index (χ3n) is 11.2. The van der Waals surface area contributed by atoms with E-state index in [1.165, 1.54) is 43.6 Å². The molecule has 1 atom stereocenters. The Kier molecular flexibility index (Phi) is 7.59. The van der Waals surface area contributed by atoms with Gasteiger partial charge in [0.05, 0.1) is 33.5 Å². The molecule has 3 aromatic heterocycles. The lowest BCUT2D eigenvalue weighted by atomic mass is 9.97. The van der Waals surface area contributed by atoms with Crippen LogP contribution < -0.4 is 0 Å². The predicted octanol–water partition coefficient (Wildman–Crippen LogP) is 13.3. The highest BCUT2D eigenvalue weighted by Gasteiger charge is 2.18. The smallest absolute Gasteiger partial charge is 0.136 e. The standard InChI is InChI=1S/C52H36N4/c1-2-15-35(16-3-1)52-53-46(34-47(54-52)39-20-14-22-41(33-39)56-50-29-10-6-25-44(50)45-26-7-11-30-51(45)56)38-19-12-17-36(31-38)37-18-13-21-40(32-37)55-48-27-8-4-23-42(48)43-24-5-9-28-49(43)55/h1-15,17-35H,16H2. The van der Waals surface area contributed by atoms with Gasteiger partial charge in [0, 0.05) is 50.0 Å². The molecule has 0 aliphatic heterocycles. The summed E-state index contributed by atoms with van der Waals surface area (Å²) in [7, 11) is 0. The summed E-state index contributed by atoms with van der Waals surface area (Å²) in [5, 5.41) is 5.01. The van der Waals surface area contributed by atoms with Crippen molar-refractivity contribution in [2.75, 3.05) is 0 Å². The van der Waals surface area contributed by atoms with Gasteiger partial charge in [0.25, 0.3) is 0 Å². The third kappa shape index (κ3) is 5.38. The quantitative estimate of drug-likeness (QED) is 0.172. The molecule has 11 rings (SSSR count). The number of hydrogen-bond acceptors (Lipinski definition) is 2. The van der Waals surface area contributed by atoms with Crippen molar-refractivity contribution in [2.45, 2.75) is 12.3 Å². The molecule has 1 unspecified atom stereocenters. The first-order chi connectivity index (χ1) is 27.8. The van der Waals surface area contributed by atoms with Gasteiger partial charge in [-0.3, -0.25) is 0 Å². The van der Waals surface area contributed by atoms with Crippen LogP contribution in [0.5, 0.6) is 0 Å². The van der Waals surface area contributed by atoms with E-state index in [2.05, 4.69) is 209 Å². The van der Waals surface area contributed by atoms with Gasteiger partial charge >= 0.3 is 0 Å². The van der Waals surface area contributed by atoms with Crippen LogP contribution in [0.3, 0.4) is 0 Å². The number of hydrogen-bond donors (Lipinski definition) is 0. The molecule has 0 saturated heterocycles. The van der Waals surface area contributed by atoms with E-state index in [1.54, 1.807) is 0 Å². The molecule has 3 heterocycles. The fourth-order valence-electron chi connectivity index (χ4n) is 8.59. The van der Waals surface area contributed by atoms with Crippen molar-refractivity contribution < 1.29 is 0 Å². The molecule has 0 N–H and O–H groups in total. The van der Waals surface area contributed by atoms with Crippen molar-refractivity contribution in [3.63, 3.8) is 0 Å². The van der Waals surface area contributed by atoms with Crippen LogP contribution in [-0.4, -0.2) is 19.1 Å². The summed E-state index contributed by atoms with van der Waals surface area (Å²) >= 11 is 0. The van der Waals surface area contributed by atoms with E-state index in [-0.39, 0.29) is 5.92 Å². The molecule has 0 radical (unpaired) electrons. The molecule has 4 heteroatoms. The van der Waals surface area contributed by atoms with Crippen LogP contribution >= 0.6 is 0 Å². The van der Waals surface area contributed by atoms with E-state index in [0.29, 0.717) is 0 Å². The van der Waals surface area contributed by atoms with E-state index in [0.717, 1.165) is 57.3 Å². The Bertz CT molecular complexity index is 3090. The monoisotopic (exact) mass is 716 g/mol. The summed E-state index contributed by atoms with van der Waals surface area (Å²) in [6.07, 6.45) is 9.50. The zero-order valence-electron chi connectivity index (χ0n) is 30.6. The largest absolute Gasteiger partial charge is 0.309 e. The zero-order valence-corrected chi connectivity index (χ0v) is 30.6. The summed E-state index contributed by atoms with van der Waals surface area (Å²) in [6.45, 7) is 0. The topological polar surface area (TPSA) is 35.6 Å². The molecule has 10 aromatic rings. The van der Waals surface area contributed by atoms with Gasteiger partial charge in [-0.15, -0.1) is 0 Å². The molecule has 56 heavy (non-hydrogen) atoms. The van der Waals surface area contributed by atoms with Crippen LogP contribution in [0.2, 0.25) is 0 Å². The molecular weight excluding hydrogens is 681 g/mol. The Balaban J connectivity index is 1.03. The summed E-state index contributed by atoms with van der Waals surface area (Å²) in [6, 6.07) is 63.2. The van der Waals surface area contributed by atoms with E-state index in [1.807, 2.05) is 0 Å². The fourth-order valence-corrected chi connectivity index (χ4v) is 8.59. The summed E-state index contributed by atoms with van der Waals surface area (Å²) < 4.78 is 4.74. The lowest BCUT2D eigenvalue weighted by Gasteiger charge is -2.16. The molecular formula is C52H36N4.